The van der Waals surface area contributed by atoms with Gasteiger partial charge in [0.1, 0.15) is 0 Å². The van der Waals surface area contributed by atoms with Crippen molar-refractivity contribution in [3.8, 4) is 0 Å². The molecule has 1 heterocycles. The molecule has 0 spiro atoms. The van der Waals surface area contributed by atoms with Crippen LogP contribution in [-0.2, 0) is 4.74 Å². The van der Waals surface area contributed by atoms with Crippen molar-refractivity contribution in [2.45, 2.75) is 0 Å². The summed E-state index contributed by atoms with van der Waals surface area (Å²) < 4.78 is 4.61. The summed E-state index contributed by atoms with van der Waals surface area (Å²) in [6, 6.07) is 12.6. The number of rotatable bonds is 3. The first-order chi connectivity index (χ1) is 8.70. The van der Waals surface area contributed by atoms with Crippen LogP contribution in [0.3, 0.4) is 0 Å². The van der Waals surface area contributed by atoms with Crippen LogP contribution in [0.15, 0.2) is 42.5 Å². The van der Waals surface area contributed by atoms with Crippen LogP contribution in [0.5, 0.6) is 0 Å². The fraction of sp³-hybridized carbons (Fsp3) is 0.0769. The third-order valence-electron chi connectivity index (χ3n) is 2.36. The molecule has 1 aromatic carbocycles. The normalized spacial score (nSPS) is 9.83. The number of benzene rings is 1. The molecule has 0 amide bonds. The highest BCUT2D eigenvalue weighted by atomic mass is 16.5. The summed E-state index contributed by atoms with van der Waals surface area (Å²) in [7, 11) is 1.31. The largest absolute Gasteiger partial charge is 0.464 e. The standard InChI is InChI=1S/C13H13N3O2/c1-18-13(17)11-8-7-10(14)12(16-11)15-9-5-3-2-4-6-9/h2-8H,14H2,1H3,(H,15,16). The van der Waals surface area contributed by atoms with Gasteiger partial charge >= 0.3 is 5.97 Å². The van der Waals surface area contributed by atoms with Crippen LogP contribution >= 0.6 is 0 Å². The predicted octanol–water partition coefficient (Wildman–Crippen LogP) is 2.19. The van der Waals surface area contributed by atoms with E-state index < -0.39 is 5.97 Å². The molecule has 0 saturated carbocycles. The number of hydrogen-bond donors (Lipinski definition) is 2. The second-order valence-corrected chi connectivity index (χ2v) is 3.62. The summed E-state index contributed by atoms with van der Waals surface area (Å²) in [6.07, 6.45) is 0. The lowest BCUT2D eigenvalue weighted by Gasteiger charge is -2.09. The van der Waals surface area contributed by atoms with Crippen LogP contribution < -0.4 is 11.1 Å². The Hall–Kier alpha value is -2.56. The van der Waals surface area contributed by atoms with Gasteiger partial charge in [0.25, 0.3) is 0 Å². The Morgan fingerprint density at radius 3 is 2.61 bits per heavy atom. The quantitative estimate of drug-likeness (QED) is 0.808. The zero-order valence-electron chi connectivity index (χ0n) is 9.88. The number of aromatic nitrogens is 1. The molecule has 0 aliphatic carbocycles. The Bertz CT molecular complexity index is 555. The lowest BCUT2D eigenvalue weighted by molar-refractivity contribution is 0.0594. The summed E-state index contributed by atoms with van der Waals surface area (Å²) in [4.78, 5) is 15.5. The molecule has 0 atom stereocenters. The second kappa shape index (κ2) is 5.18. The summed E-state index contributed by atoms with van der Waals surface area (Å²) in [5, 5.41) is 3.05. The van der Waals surface area contributed by atoms with Gasteiger partial charge in [-0.1, -0.05) is 18.2 Å². The van der Waals surface area contributed by atoms with E-state index >= 15 is 0 Å². The molecular weight excluding hydrogens is 230 g/mol. The third kappa shape index (κ3) is 2.57. The maximum Gasteiger partial charge on any atom is 0.356 e. The second-order valence-electron chi connectivity index (χ2n) is 3.62. The van der Waals surface area contributed by atoms with Gasteiger partial charge in [0.2, 0.25) is 0 Å². The molecule has 0 unspecified atom stereocenters. The highest BCUT2D eigenvalue weighted by Gasteiger charge is 2.10. The van der Waals surface area contributed by atoms with Gasteiger partial charge in [0.05, 0.1) is 12.8 Å². The number of ether oxygens (including phenoxy) is 1. The number of hydrogen-bond acceptors (Lipinski definition) is 5. The number of methoxy groups -OCH3 is 1. The molecule has 0 aliphatic rings. The highest BCUT2D eigenvalue weighted by molar-refractivity contribution is 5.88. The minimum Gasteiger partial charge on any atom is -0.464 e. The van der Waals surface area contributed by atoms with Crippen LogP contribution in [0.1, 0.15) is 10.5 Å². The summed E-state index contributed by atoms with van der Waals surface area (Å²) in [5.74, 6) is -0.0600. The fourth-order valence-corrected chi connectivity index (χ4v) is 1.45. The number of nitrogens with one attached hydrogen (secondary N) is 1. The molecule has 0 aliphatic heterocycles. The van der Waals surface area contributed by atoms with E-state index in [1.807, 2.05) is 30.3 Å². The lowest BCUT2D eigenvalue weighted by atomic mass is 10.3. The summed E-state index contributed by atoms with van der Waals surface area (Å²) in [6.45, 7) is 0. The minimum atomic E-state index is -0.494. The van der Waals surface area contributed by atoms with Crippen LogP contribution in [0.2, 0.25) is 0 Å². The number of esters is 1. The van der Waals surface area contributed by atoms with Gasteiger partial charge in [-0.25, -0.2) is 9.78 Å². The number of pyridine rings is 1. The Balaban J connectivity index is 2.30. The number of nitrogens with two attached hydrogens (primary N) is 1. The smallest absolute Gasteiger partial charge is 0.356 e. The molecule has 2 aromatic rings. The number of anilines is 3. The first-order valence-corrected chi connectivity index (χ1v) is 5.37. The van der Waals surface area contributed by atoms with E-state index in [-0.39, 0.29) is 5.69 Å². The third-order valence-corrected chi connectivity index (χ3v) is 2.36. The molecule has 92 valence electrons. The number of carbonyl (C=O) groups is 1. The molecule has 0 saturated heterocycles. The van der Waals surface area contributed by atoms with Gasteiger partial charge in [-0.3, -0.25) is 0 Å². The molecule has 18 heavy (non-hydrogen) atoms. The predicted molar refractivity (Wildman–Crippen MR) is 69.7 cm³/mol. The molecule has 5 nitrogen and oxygen atoms in total. The van der Waals surface area contributed by atoms with Gasteiger partial charge < -0.3 is 15.8 Å². The fourth-order valence-electron chi connectivity index (χ4n) is 1.45. The van der Waals surface area contributed by atoms with Crippen LogP contribution in [-0.4, -0.2) is 18.1 Å². The van der Waals surface area contributed by atoms with E-state index in [1.165, 1.54) is 13.2 Å². The SMILES string of the molecule is COC(=O)c1ccc(N)c(Nc2ccccc2)n1. The monoisotopic (exact) mass is 243 g/mol. The molecule has 0 radical (unpaired) electrons. The number of para-hydroxylation sites is 1. The lowest BCUT2D eigenvalue weighted by Crippen LogP contribution is -2.07. The van der Waals surface area contributed by atoms with Crippen molar-refractivity contribution >= 4 is 23.2 Å². The summed E-state index contributed by atoms with van der Waals surface area (Å²) in [5.41, 5.74) is 7.33. The van der Waals surface area contributed by atoms with Crippen LogP contribution in [0.25, 0.3) is 0 Å². The highest BCUT2D eigenvalue weighted by Crippen LogP contribution is 2.21. The Morgan fingerprint density at radius 2 is 1.94 bits per heavy atom. The van der Waals surface area contributed by atoms with E-state index in [9.17, 15) is 4.79 Å². The van der Waals surface area contributed by atoms with Crippen molar-refractivity contribution < 1.29 is 9.53 Å². The molecule has 1 aromatic heterocycles. The molecule has 0 fully saturated rings. The van der Waals surface area contributed by atoms with E-state index in [1.54, 1.807) is 6.07 Å². The number of nitrogens with zero attached hydrogens (tertiary/aromatic N) is 1. The van der Waals surface area contributed by atoms with Crippen molar-refractivity contribution in [1.82, 2.24) is 4.98 Å². The van der Waals surface area contributed by atoms with Gasteiger partial charge in [0, 0.05) is 5.69 Å². The maximum atomic E-state index is 11.4. The zero-order chi connectivity index (χ0) is 13.0. The van der Waals surface area contributed by atoms with E-state index in [0.29, 0.717) is 11.5 Å². The Labute approximate surface area is 105 Å². The average Bonchev–Trinajstić information content (AvgIpc) is 2.41. The first kappa shape index (κ1) is 11.9. The molecule has 5 heteroatoms. The van der Waals surface area contributed by atoms with E-state index in [0.717, 1.165) is 5.69 Å². The zero-order valence-corrected chi connectivity index (χ0v) is 9.88. The van der Waals surface area contributed by atoms with Crippen molar-refractivity contribution in [3.05, 3.63) is 48.2 Å². The van der Waals surface area contributed by atoms with E-state index in [2.05, 4.69) is 15.0 Å². The summed E-state index contributed by atoms with van der Waals surface area (Å²) >= 11 is 0. The maximum absolute atomic E-state index is 11.4. The van der Waals surface area contributed by atoms with Crippen molar-refractivity contribution in [2.75, 3.05) is 18.2 Å². The van der Waals surface area contributed by atoms with Crippen molar-refractivity contribution in [3.63, 3.8) is 0 Å². The van der Waals surface area contributed by atoms with Crippen molar-refractivity contribution in [2.24, 2.45) is 0 Å². The van der Waals surface area contributed by atoms with Crippen LogP contribution in [0, 0.1) is 0 Å². The van der Waals surface area contributed by atoms with Gasteiger partial charge in [-0.2, -0.15) is 0 Å². The van der Waals surface area contributed by atoms with E-state index in [4.69, 9.17) is 5.73 Å². The average molecular weight is 243 g/mol. The number of nitrogen functional groups attached to an aromatic ring is 1. The topological polar surface area (TPSA) is 77.2 Å². The van der Waals surface area contributed by atoms with Gasteiger partial charge in [-0.15, -0.1) is 0 Å². The van der Waals surface area contributed by atoms with Gasteiger partial charge in [-0.05, 0) is 24.3 Å². The van der Waals surface area contributed by atoms with Crippen molar-refractivity contribution in [1.29, 1.82) is 0 Å². The molecular formula is C13H13N3O2. The Kier molecular flexibility index (Phi) is 3.43. The first-order valence-electron chi connectivity index (χ1n) is 5.37. The molecule has 2 rings (SSSR count). The minimum absolute atomic E-state index is 0.213. The number of carbonyl (C=O) groups excluding carboxylic acids is 1. The van der Waals surface area contributed by atoms with Crippen LogP contribution in [0.4, 0.5) is 17.2 Å². The van der Waals surface area contributed by atoms with Gasteiger partial charge in [0.15, 0.2) is 11.5 Å². The molecule has 0 bridgehead atoms. The molecule has 3 N–H and O–H groups in total. The Morgan fingerprint density at radius 1 is 1.22 bits per heavy atom.